The minimum atomic E-state index is -1.72. The van der Waals surface area contributed by atoms with Gasteiger partial charge in [0.15, 0.2) is 8.32 Å². The monoisotopic (exact) mass is 554 g/mol. The SMILES string of the molecule is CC(C)N(CC(COc1ccc(CC(=O)N([Si](C)(C)C)[Si](C)(C)C)cc1)O[Si](C)(C)C)[Si](C)(C)C. The minimum Gasteiger partial charge on any atom is -0.491 e. The van der Waals surface area contributed by atoms with E-state index < -0.39 is 33.0 Å². The Morgan fingerprint density at radius 2 is 1.29 bits per heavy atom. The van der Waals surface area contributed by atoms with E-state index in [-0.39, 0.29) is 12.0 Å². The average molecular weight is 555 g/mol. The fourth-order valence-electron chi connectivity index (χ4n) is 5.00. The summed E-state index contributed by atoms with van der Waals surface area (Å²) in [5, 5.41) is 0. The first-order valence-electron chi connectivity index (χ1n) is 13.1. The molecule has 0 saturated heterocycles. The lowest BCUT2D eigenvalue weighted by Crippen LogP contribution is -2.62. The van der Waals surface area contributed by atoms with E-state index in [0.717, 1.165) is 17.9 Å². The van der Waals surface area contributed by atoms with Crippen LogP contribution < -0.4 is 4.74 Å². The van der Waals surface area contributed by atoms with Gasteiger partial charge < -0.3 is 18.0 Å². The van der Waals surface area contributed by atoms with Gasteiger partial charge in [0.25, 0.3) is 0 Å². The van der Waals surface area contributed by atoms with E-state index in [2.05, 4.69) is 101 Å². The molecule has 0 aliphatic heterocycles. The third-order valence-corrected chi connectivity index (χ3v) is 16.4. The van der Waals surface area contributed by atoms with Gasteiger partial charge in [-0.3, -0.25) is 4.79 Å². The van der Waals surface area contributed by atoms with E-state index in [1.165, 1.54) is 0 Å². The number of carbonyl (C=O) groups is 1. The first kappa shape index (κ1) is 32.3. The van der Waals surface area contributed by atoms with Gasteiger partial charge in [-0.05, 0) is 43.4 Å². The number of ether oxygens (including phenoxy) is 1. The van der Waals surface area contributed by atoms with Crippen LogP contribution in [0.2, 0.25) is 78.6 Å². The molecule has 1 atom stereocenters. The van der Waals surface area contributed by atoms with Gasteiger partial charge in [0.05, 0.1) is 12.5 Å². The number of benzene rings is 1. The Morgan fingerprint density at radius 3 is 1.66 bits per heavy atom. The normalized spacial score (nSPS) is 14.4. The highest BCUT2D eigenvalue weighted by molar-refractivity contribution is 6.92. The Balaban J connectivity index is 2.92. The lowest BCUT2D eigenvalue weighted by Gasteiger charge is -2.44. The number of amides is 1. The van der Waals surface area contributed by atoms with Crippen molar-refractivity contribution in [3.63, 3.8) is 0 Å². The van der Waals surface area contributed by atoms with Crippen LogP contribution in [0.4, 0.5) is 0 Å². The number of nitrogens with zero attached hydrogens (tertiary/aromatic N) is 2. The van der Waals surface area contributed by atoms with Crippen LogP contribution in [0.5, 0.6) is 5.75 Å². The van der Waals surface area contributed by atoms with E-state index in [4.69, 9.17) is 9.16 Å². The maximum absolute atomic E-state index is 13.2. The fraction of sp³-hybridized carbons (Fsp3) is 0.731. The number of hydrogen-bond acceptors (Lipinski definition) is 4. The molecule has 0 aliphatic carbocycles. The zero-order valence-electron chi connectivity index (χ0n) is 25.2. The van der Waals surface area contributed by atoms with Crippen LogP contribution in [0.25, 0.3) is 0 Å². The second-order valence-corrected chi connectivity index (χ2v) is 33.4. The van der Waals surface area contributed by atoms with Crippen molar-refractivity contribution in [2.75, 3.05) is 13.2 Å². The predicted octanol–water partition coefficient (Wildman–Crippen LogP) is 6.87. The molecule has 0 spiro atoms. The van der Waals surface area contributed by atoms with Crippen LogP contribution in [-0.4, -0.2) is 73.0 Å². The lowest BCUT2D eigenvalue weighted by atomic mass is 10.1. The van der Waals surface area contributed by atoms with Crippen molar-refractivity contribution in [1.29, 1.82) is 0 Å². The van der Waals surface area contributed by atoms with Gasteiger partial charge in [-0.2, -0.15) is 0 Å². The second-order valence-electron chi connectivity index (χ2n) is 14.0. The molecule has 5 nitrogen and oxygen atoms in total. The molecule has 0 N–H and O–H groups in total. The fourth-order valence-corrected chi connectivity index (χ4v) is 18.2. The first-order valence-corrected chi connectivity index (χ1v) is 26.9. The van der Waals surface area contributed by atoms with Crippen LogP contribution in [0.15, 0.2) is 24.3 Å². The highest BCUT2D eigenvalue weighted by atomic mass is 28.4. The Hall–Kier alpha value is -0.722. The summed E-state index contributed by atoms with van der Waals surface area (Å²) in [6, 6.07) is 8.56. The minimum absolute atomic E-state index is 0.0408. The van der Waals surface area contributed by atoms with Crippen molar-refractivity contribution < 1.29 is 14.0 Å². The summed E-state index contributed by atoms with van der Waals surface area (Å²) >= 11 is 0. The van der Waals surface area contributed by atoms with Gasteiger partial charge in [0, 0.05) is 6.54 Å². The molecule has 1 rings (SSSR count). The van der Waals surface area contributed by atoms with Gasteiger partial charge in [0.1, 0.15) is 37.1 Å². The molecule has 0 saturated carbocycles. The Bertz CT molecular complexity index is 790. The van der Waals surface area contributed by atoms with Crippen LogP contribution in [0, 0.1) is 0 Å². The number of hydrogen-bond donors (Lipinski definition) is 0. The molecular weight excluding hydrogens is 501 g/mol. The van der Waals surface area contributed by atoms with Crippen LogP contribution in [0.3, 0.4) is 0 Å². The Morgan fingerprint density at radius 1 is 0.800 bits per heavy atom. The molecule has 0 bridgehead atoms. The third kappa shape index (κ3) is 11.5. The summed E-state index contributed by atoms with van der Waals surface area (Å²) in [6.45, 7) is 33.5. The molecule has 35 heavy (non-hydrogen) atoms. The molecule has 0 fully saturated rings. The van der Waals surface area contributed by atoms with Gasteiger partial charge in [-0.25, -0.2) is 0 Å². The molecule has 202 valence electrons. The summed E-state index contributed by atoms with van der Waals surface area (Å²) in [4.78, 5) is 13.2. The summed E-state index contributed by atoms with van der Waals surface area (Å²) < 4.78 is 17.7. The molecular formula is C26H54N2O3Si4. The van der Waals surface area contributed by atoms with Gasteiger partial charge in [-0.1, -0.05) is 84.9 Å². The molecule has 9 heteroatoms. The Labute approximate surface area is 221 Å². The van der Waals surface area contributed by atoms with Crippen molar-refractivity contribution in [1.82, 2.24) is 8.80 Å². The standard InChI is InChI=1S/C26H54N2O3Si4/c1-22(2)27(32(3,4)5)20-25(31-35(12,13)14)21-30-24-17-15-23(16-18-24)19-26(29)28(33(6,7)8)34(9,10)11/h15-18,22,25H,19-21H2,1-14H3. The maximum Gasteiger partial charge on any atom is 0.211 e. The van der Waals surface area contributed by atoms with E-state index in [1.807, 2.05) is 24.3 Å². The highest BCUT2D eigenvalue weighted by Gasteiger charge is 2.37. The van der Waals surface area contributed by atoms with Crippen molar-refractivity contribution in [2.24, 2.45) is 0 Å². The number of carbonyl (C=O) groups excluding carboxylic acids is 1. The van der Waals surface area contributed by atoms with E-state index in [9.17, 15) is 4.79 Å². The molecule has 1 amide bonds. The first-order chi connectivity index (χ1) is 15.6. The summed E-state index contributed by atoms with van der Waals surface area (Å²) in [6.07, 6.45) is 0.495. The molecule has 0 aromatic heterocycles. The smallest absolute Gasteiger partial charge is 0.211 e. The summed E-state index contributed by atoms with van der Waals surface area (Å²) in [5.74, 6) is 1.10. The Kier molecular flexibility index (Phi) is 11.3. The quantitative estimate of drug-likeness (QED) is 0.249. The molecule has 1 unspecified atom stereocenters. The average Bonchev–Trinajstić information content (AvgIpc) is 2.60. The van der Waals surface area contributed by atoms with E-state index in [0.29, 0.717) is 19.1 Å². The van der Waals surface area contributed by atoms with Crippen LogP contribution in [-0.2, 0) is 15.6 Å². The molecule has 0 aliphatic rings. The van der Waals surface area contributed by atoms with Crippen molar-refractivity contribution in [3.8, 4) is 5.75 Å². The molecule has 1 aromatic carbocycles. The summed E-state index contributed by atoms with van der Waals surface area (Å²) in [5.41, 5.74) is 1.04. The van der Waals surface area contributed by atoms with Crippen LogP contribution >= 0.6 is 0 Å². The highest BCUT2D eigenvalue weighted by Crippen LogP contribution is 2.23. The van der Waals surface area contributed by atoms with E-state index >= 15 is 0 Å². The summed E-state index contributed by atoms with van der Waals surface area (Å²) in [7, 11) is -6.63. The third-order valence-electron chi connectivity index (χ3n) is 5.71. The van der Waals surface area contributed by atoms with E-state index in [1.54, 1.807) is 0 Å². The van der Waals surface area contributed by atoms with Crippen LogP contribution in [0.1, 0.15) is 19.4 Å². The topological polar surface area (TPSA) is 42.0 Å². The van der Waals surface area contributed by atoms with Gasteiger partial charge in [-0.15, -0.1) is 0 Å². The van der Waals surface area contributed by atoms with Gasteiger partial charge in [0.2, 0.25) is 5.91 Å². The molecule has 1 aromatic rings. The van der Waals surface area contributed by atoms with Crippen molar-refractivity contribution in [2.45, 2.75) is 111 Å². The molecule has 0 heterocycles. The maximum atomic E-state index is 13.2. The van der Waals surface area contributed by atoms with Crippen molar-refractivity contribution in [3.05, 3.63) is 29.8 Å². The second kappa shape index (κ2) is 12.2. The zero-order chi connectivity index (χ0) is 27.4. The van der Waals surface area contributed by atoms with Gasteiger partial charge >= 0.3 is 0 Å². The van der Waals surface area contributed by atoms with Crippen molar-refractivity contribution >= 4 is 38.9 Å². The molecule has 0 radical (unpaired) electrons. The number of rotatable bonds is 13. The zero-order valence-corrected chi connectivity index (χ0v) is 29.2. The largest absolute Gasteiger partial charge is 0.491 e. The lowest BCUT2D eigenvalue weighted by molar-refractivity contribution is -0.123. The predicted molar refractivity (Wildman–Crippen MR) is 163 cm³/mol.